The van der Waals surface area contributed by atoms with Crippen molar-refractivity contribution in [3.05, 3.63) is 35.4 Å². The molecular formula is C23H34N4O3. The molecule has 0 spiro atoms. The summed E-state index contributed by atoms with van der Waals surface area (Å²) in [5.74, 6) is -0.474. The van der Waals surface area contributed by atoms with Gasteiger partial charge in [-0.25, -0.2) is 0 Å². The number of nitrogens with zero attached hydrogens (tertiary/aromatic N) is 4. The Morgan fingerprint density at radius 2 is 1.90 bits per heavy atom. The Morgan fingerprint density at radius 1 is 1.20 bits per heavy atom. The van der Waals surface area contributed by atoms with E-state index in [0.717, 1.165) is 17.7 Å². The Kier molecular flexibility index (Phi) is 6.62. The van der Waals surface area contributed by atoms with E-state index >= 15 is 0 Å². The first-order valence-electron chi connectivity index (χ1n) is 10.7. The number of rotatable bonds is 6. The summed E-state index contributed by atoms with van der Waals surface area (Å²) in [6.07, 6.45) is 0.0937. The number of piperazine rings is 1. The third-order valence-electron chi connectivity index (χ3n) is 6.61. The molecule has 1 aromatic carbocycles. The van der Waals surface area contributed by atoms with Crippen molar-refractivity contribution in [1.82, 2.24) is 19.6 Å². The van der Waals surface area contributed by atoms with Crippen LogP contribution in [0.5, 0.6) is 0 Å². The summed E-state index contributed by atoms with van der Waals surface area (Å²) >= 11 is 0. The van der Waals surface area contributed by atoms with Crippen LogP contribution in [0.2, 0.25) is 0 Å². The van der Waals surface area contributed by atoms with Crippen LogP contribution in [-0.4, -0.2) is 97.2 Å². The van der Waals surface area contributed by atoms with E-state index in [2.05, 4.69) is 18.9 Å². The Bertz CT molecular complexity index is 824. The zero-order chi connectivity index (χ0) is 22.1. The molecule has 1 aromatic rings. The SMILES string of the molecule is Cc1ccccc1[C@]1(CC(=O)N2CCN(C)[C@@H](C)C2)CC(=O)N(CCN(C)C)C1=O. The summed E-state index contributed by atoms with van der Waals surface area (Å²) in [5, 5.41) is 0. The molecule has 3 amide bonds. The summed E-state index contributed by atoms with van der Waals surface area (Å²) < 4.78 is 0. The predicted octanol–water partition coefficient (Wildman–Crippen LogP) is 1.11. The normalized spacial score (nSPS) is 25.5. The second-order valence-corrected chi connectivity index (χ2v) is 9.07. The molecule has 164 valence electrons. The van der Waals surface area contributed by atoms with Crippen LogP contribution in [0.4, 0.5) is 0 Å². The molecule has 2 aliphatic rings. The highest BCUT2D eigenvalue weighted by molar-refractivity contribution is 6.11. The molecule has 0 radical (unpaired) electrons. The lowest BCUT2D eigenvalue weighted by Gasteiger charge is -2.39. The first-order chi connectivity index (χ1) is 14.2. The van der Waals surface area contributed by atoms with Crippen LogP contribution < -0.4 is 0 Å². The molecule has 0 N–H and O–H groups in total. The zero-order valence-corrected chi connectivity index (χ0v) is 18.9. The quantitative estimate of drug-likeness (QED) is 0.653. The maximum absolute atomic E-state index is 13.6. The number of hydrogen-bond donors (Lipinski definition) is 0. The van der Waals surface area contributed by atoms with Crippen molar-refractivity contribution in [1.29, 1.82) is 0 Å². The number of imide groups is 1. The van der Waals surface area contributed by atoms with Gasteiger partial charge in [-0.3, -0.25) is 19.3 Å². The Hall–Kier alpha value is -2.25. The second kappa shape index (κ2) is 8.86. The first kappa shape index (κ1) is 22.4. The van der Waals surface area contributed by atoms with Crippen molar-refractivity contribution < 1.29 is 14.4 Å². The number of amides is 3. The molecule has 2 atom stereocenters. The molecule has 0 bridgehead atoms. The average molecular weight is 415 g/mol. The fraction of sp³-hybridized carbons (Fsp3) is 0.609. The van der Waals surface area contributed by atoms with E-state index in [1.807, 2.05) is 55.1 Å². The highest BCUT2D eigenvalue weighted by Gasteiger charge is 2.54. The molecule has 30 heavy (non-hydrogen) atoms. The lowest BCUT2D eigenvalue weighted by molar-refractivity contribution is -0.143. The number of likely N-dealkylation sites (N-methyl/N-ethyl adjacent to an activating group) is 2. The van der Waals surface area contributed by atoms with Crippen molar-refractivity contribution in [2.24, 2.45) is 0 Å². The lowest BCUT2D eigenvalue weighted by atomic mass is 9.74. The molecule has 2 aliphatic heterocycles. The molecule has 3 rings (SSSR count). The molecule has 0 aromatic heterocycles. The lowest BCUT2D eigenvalue weighted by Crippen LogP contribution is -2.53. The standard InChI is InChI=1S/C23H34N4O3/c1-17-8-6-7-9-19(17)23(14-20(28)26-12-11-25(5)18(2)16-26)15-21(29)27(22(23)30)13-10-24(3)4/h6-9,18H,10-16H2,1-5H3/t18-,23-/m0/s1. The minimum atomic E-state index is -1.11. The highest BCUT2D eigenvalue weighted by Crippen LogP contribution is 2.41. The van der Waals surface area contributed by atoms with Crippen LogP contribution in [0.25, 0.3) is 0 Å². The van der Waals surface area contributed by atoms with Crippen LogP contribution in [0.3, 0.4) is 0 Å². The molecule has 0 saturated carbocycles. The summed E-state index contributed by atoms with van der Waals surface area (Å²) in [4.78, 5) is 47.3. The minimum absolute atomic E-state index is 0.0390. The second-order valence-electron chi connectivity index (χ2n) is 9.07. The number of hydrogen-bond acceptors (Lipinski definition) is 5. The number of likely N-dealkylation sites (tertiary alicyclic amines) is 1. The van der Waals surface area contributed by atoms with Crippen LogP contribution >= 0.6 is 0 Å². The van der Waals surface area contributed by atoms with E-state index in [1.54, 1.807) is 0 Å². The monoisotopic (exact) mass is 414 g/mol. The molecule has 2 fully saturated rings. The average Bonchev–Trinajstić information content (AvgIpc) is 2.92. The Labute approximate surface area is 179 Å². The van der Waals surface area contributed by atoms with E-state index in [-0.39, 0.29) is 36.6 Å². The van der Waals surface area contributed by atoms with Gasteiger partial charge in [0, 0.05) is 51.6 Å². The smallest absolute Gasteiger partial charge is 0.240 e. The van der Waals surface area contributed by atoms with Gasteiger partial charge < -0.3 is 14.7 Å². The fourth-order valence-corrected chi connectivity index (χ4v) is 4.53. The summed E-state index contributed by atoms with van der Waals surface area (Å²) in [7, 11) is 5.89. The first-order valence-corrected chi connectivity index (χ1v) is 10.7. The van der Waals surface area contributed by atoms with Gasteiger partial charge in [0.15, 0.2) is 0 Å². The molecule has 2 heterocycles. The molecule has 7 heteroatoms. The minimum Gasteiger partial charge on any atom is -0.340 e. The number of carbonyl (C=O) groups is 3. The van der Waals surface area contributed by atoms with Crippen LogP contribution in [0.1, 0.15) is 30.9 Å². The van der Waals surface area contributed by atoms with Gasteiger partial charge in [0.05, 0.1) is 5.41 Å². The van der Waals surface area contributed by atoms with Gasteiger partial charge in [-0.15, -0.1) is 0 Å². The fourth-order valence-electron chi connectivity index (χ4n) is 4.53. The van der Waals surface area contributed by atoms with Crippen molar-refractivity contribution in [2.75, 3.05) is 53.9 Å². The number of carbonyl (C=O) groups excluding carboxylic acids is 3. The van der Waals surface area contributed by atoms with Gasteiger partial charge in [0.1, 0.15) is 0 Å². The highest BCUT2D eigenvalue weighted by atomic mass is 16.2. The zero-order valence-electron chi connectivity index (χ0n) is 18.9. The van der Waals surface area contributed by atoms with Gasteiger partial charge in [0.2, 0.25) is 17.7 Å². The Morgan fingerprint density at radius 3 is 2.53 bits per heavy atom. The maximum Gasteiger partial charge on any atom is 0.240 e. The van der Waals surface area contributed by atoms with E-state index in [9.17, 15) is 14.4 Å². The van der Waals surface area contributed by atoms with Crippen LogP contribution in [0, 0.1) is 6.92 Å². The summed E-state index contributed by atoms with van der Waals surface area (Å²) in [6.45, 7) is 7.10. The number of aryl methyl sites for hydroxylation is 1. The van der Waals surface area contributed by atoms with Crippen LogP contribution in [0.15, 0.2) is 24.3 Å². The molecule has 0 aliphatic carbocycles. The molecule has 7 nitrogen and oxygen atoms in total. The number of benzene rings is 1. The predicted molar refractivity (Wildman–Crippen MR) is 116 cm³/mol. The van der Waals surface area contributed by atoms with E-state index < -0.39 is 5.41 Å². The maximum atomic E-state index is 13.6. The van der Waals surface area contributed by atoms with Gasteiger partial charge in [-0.1, -0.05) is 24.3 Å². The van der Waals surface area contributed by atoms with E-state index in [0.29, 0.717) is 26.2 Å². The molecular weight excluding hydrogens is 380 g/mol. The molecule has 0 unspecified atom stereocenters. The van der Waals surface area contributed by atoms with Gasteiger partial charge in [-0.05, 0) is 46.1 Å². The van der Waals surface area contributed by atoms with Gasteiger partial charge >= 0.3 is 0 Å². The van der Waals surface area contributed by atoms with Crippen molar-refractivity contribution in [2.45, 2.75) is 38.1 Å². The van der Waals surface area contributed by atoms with Crippen molar-refractivity contribution >= 4 is 17.7 Å². The largest absolute Gasteiger partial charge is 0.340 e. The molecule has 2 saturated heterocycles. The summed E-state index contributed by atoms with van der Waals surface area (Å²) in [6, 6.07) is 7.92. The van der Waals surface area contributed by atoms with Gasteiger partial charge in [-0.2, -0.15) is 0 Å². The topological polar surface area (TPSA) is 64.2 Å². The van der Waals surface area contributed by atoms with E-state index in [4.69, 9.17) is 0 Å². The van der Waals surface area contributed by atoms with Crippen LogP contribution in [-0.2, 0) is 19.8 Å². The van der Waals surface area contributed by atoms with Gasteiger partial charge in [0.25, 0.3) is 0 Å². The third kappa shape index (κ3) is 4.27. The third-order valence-corrected chi connectivity index (χ3v) is 6.61. The summed E-state index contributed by atoms with van der Waals surface area (Å²) in [5.41, 5.74) is 0.622. The van der Waals surface area contributed by atoms with E-state index in [1.165, 1.54) is 4.90 Å². The Balaban J connectivity index is 1.92. The van der Waals surface area contributed by atoms with Crippen molar-refractivity contribution in [3.8, 4) is 0 Å². The van der Waals surface area contributed by atoms with Crippen molar-refractivity contribution in [3.63, 3.8) is 0 Å².